The minimum Gasteiger partial charge on any atom is -0.466 e. The Labute approximate surface area is 196 Å². The average Bonchev–Trinajstić information content (AvgIpc) is 2.75. The standard InChI is InChI=1S/C28H56O2.H3N/c1-3-5-7-9-11-13-14-15-16-17-18-19-20-22-24-26-28(29)30-27-25-23-21-12-10-8-6-4-2;/h3-27H2,1-2H3;1H3. The molecule has 0 aliphatic rings. The number of hydrogen-bond donors (Lipinski definition) is 1. The van der Waals surface area contributed by atoms with Gasteiger partial charge in [-0.15, -0.1) is 0 Å². The van der Waals surface area contributed by atoms with E-state index in [1.54, 1.807) is 0 Å². The van der Waals surface area contributed by atoms with Gasteiger partial charge >= 0.3 is 5.97 Å². The summed E-state index contributed by atoms with van der Waals surface area (Å²) in [4.78, 5) is 11.8. The van der Waals surface area contributed by atoms with Crippen LogP contribution in [0.5, 0.6) is 0 Å². The Morgan fingerprint density at radius 3 is 1.10 bits per heavy atom. The lowest BCUT2D eigenvalue weighted by atomic mass is 10.0. The van der Waals surface area contributed by atoms with Crippen LogP contribution < -0.4 is 6.15 Å². The molecule has 0 aromatic rings. The molecule has 0 amide bonds. The van der Waals surface area contributed by atoms with Crippen molar-refractivity contribution in [2.24, 2.45) is 0 Å². The van der Waals surface area contributed by atoms with Gasteiger partial charge in [-0.05, 0) is 12.8 Å². The van der Waals surface area contributed by atoms with Crippen LogP contribution in [-0.4, -0.2) is 12.6 Å². The van der Waals surface area contributed by atoms with Crippen LogP contribution in [-0.2, 0) is 9.53 Å². The van der Waals surface area contributed by atoms with E-state index in [0.29, 0.717) is 13.0 Å². The van der Waals surface area contributed by atoms with Crippen molar-refractivity contribution in [3.63, 3.8) is 0 Å². The third-order valence-electron chi connectivity index (χ3n) is 6.25. The van der Waals surface area contributed by atoms with Crippen LogP contribution in [0, 0.1) is 0 Å². The largest absolute Gasteiger partial charge is 0.466 e. The normalized spacial score (nSPS) is 10.8. The summed E-state index contributed by atoms with van der Waals surface area (Å²) < 4.78 is 5.37. The van der Waals surface area contributed by atoms with E-state index in [-0.39, 0.29) is 12.1 Å². The highest BCUT2D eigenvalue weighted by molar-refractivity contribution is 5.69. The molecule has 0 radical (unpaired) electrons. The zero-order valence-corrected chi connectivity index (χ0v) is 21.7. The second-order valence-electron chi connectivity index (χ2n) is 9.40. The van der Waals surface area contributed by atoms with E-state index < -0.39 is 0 Å². The van der Waals surface area contributed by atoms with Crippen LogP contribution in [0.15, 0.2) is 0 Å². The van der Waals surface area contributed by atoms with E-state index in [9.17, 15) is 4.79 Å². The Morgan fingerprint density at radius 1 is 0.452 bits per heavy atom. The molecule has 0 aromatic carbocycles. The monoisotopic (exact) mass is 441 g/mol. The van der Waals surface area contributed by atoms with Gasteiger partial charge in [-0.3, -0.25) is 4.79 Å². The van der Waals surface area contributed by atoms with Crippen molar-refractivity contribution in [1.29, 1.82) is 0 Å². The third-order valence-corrected chi connectivity index (χ3v) is 6.25. The van der Waals surface area contributed by atoms with E-state index in [2.05, 4.69) is 13.8 Å². The van der Waals surface area contributed by atoms with Crippen molar-refractivity contribution >= 4 is 5.97 Å². The maximum absolute atomic E-state index is 11.8. The number of hydrogen-bond acceptors (Lipinski definition) is 3. The average molecular weight is 442 g/mol. The summed E-state index contributed by atoms with van der Waals surface area (Å²) in [6, 6.07) is 0. The maximum Gasteiger partial charge on any atom is 0.305 e. The topological polar surface area (TPSA) is 61.3 Å². The van der Waals surface area contributed by atoms with Gasteiger partial charge in [-0.1, -0.05) is 149 Å². The predicted molar refractivity (Wildman–Crippen MR) is 138 cm³/mol. The van der Waals surface area contributed by atoms with Crippen molar-refractivity contribution in [1.82, 2.24) is 6.15 Å². The van der Waals surface area contributed by atoms with Crippen molar-refractivity contribution in [2.45, 2.75) is 168 Å². The number of carbonyl (C=O) groups excluding carboxylic acids is 1. The van der Waals surface area contributed by atoms with Crippen molar-refractivity contribution < 1.29 is 9.53 Å². The van der Waals surface area contributed by atoms with Crippen LogP contribution in [0.25, 0.3) is 0 Å². The molecule has 3 heteroatoms. The molecule has 0 spiro atoms. The smallest absolute Gasteiger partial charge is 0.305 e. The summed E-state index contributed by atoms with van der Waals surface area (Å²) in [6.45, 7) is 5.17. The second kappa shape index (κ2) is 29.4. The molecule has 0 aliphatic carbocycles. The van der Waals surface area contributed by atoms with Gasteiger partial charge in [0, 0.05) is 6.42 Å². The molecule has 0 rings (SSSR count). The lowest BCUT2D eigenvalue weighted by Crippen LogP contribution is -2.05. The first kappa shape index (κ1) is 32.6. The first-order chi connectivity index (χ1) is 14.8. The van der Waals surface area contributed by atoms with Crippen LogP contribution >= 0.6 is 0 Å². The Balaban J connectivity index is 0. The van der Waals surface area contributed by atoms with Gasteiger partial charge in [0.25, 0.3) is 0 Å². The van der Waals surface area contributed by atoms with Crippen LogP contribution in [0.3, 0.4) is 0 Å². The first-order valence-electron chi connectivity index (χ1n) is 14.0. The molecule has 188 valence electrons. The van der Waals surface area contributed by atoms with Gasteiger partial charge in [-0.25, -0.2) is 0 Å². The van der Waals surface area contributed by atoms with E-state index >= 15 is 0 Å². The van der Waals surface area contributed by atoms with Gasteiger partial charge in [0.05, 0.1) is 6.61 Å². The Morgan fingerprint density at radius 2 is 0.742 bits per heavy atom. The van der Waals surface area contributed by atoms with Crippen LogP contribution in [0.2, 0.25) is 0 Å². The summed E-state index contributed by atoms with van der Waals surface area (Å²) in [5, 5.41) is 0. The Hall–Kier alpha value is -0.570. The van der Waals surface area contributed by atoms with Gasteiger partial charge in [0.15, 0.2) is 0 Å². The quantitative estimate of drug-likeness (QED) is 0.113. The third kappa shape index (κ3) is 29.4. The highest BCUT2D eigenvalue weighted by Crippen LogP contribution is 2.14. The number of carbonyl (C=O) groups is 1. The molecule has 0 atom stereocenters. The van der Waals surface area contributed by atoms with E-state index in [1.165, 1.54) is 135 Å². The summed E-state index contributed by atoms with van der Waals surface area (Å²) in [6.07, 6.45) is 31.3. The molecule has 3 N–H and O–H groups in total. The summed E-state index contributed by atoms with van der Waals surface area (Å²) in [5.41, 5.74) is 0. The van der Waals surface area contributed by atoms with Crippen molar-refractivity contribution in [3.8, 4) is 0 Å². The maximum atomic E-state index is 11.8. The fourth-order valence-electron chi connectivity index (χ4n) is 4.13. The summed E-state index contributed by atoms with van der Waals surface area (Å²) >= 11 is 0. The Bertz CT molecular complexity index is 333. The zero-order chi connectivity index (χ0) is 22.0. The molecule has 0 saturated heterocycles. The number of ether oxygens (including phenoxy) is 1. The fourth-order valence-corrected chi connectivity index (χ4v) is 4.13. The van der Waals surface area contributed by atoms with Crippen LogP contribution in [0.4, 0.5) is 0 Å². The van der Waals surface area contributed by atoms with E-state index in [1.807, 2.05) is 0 Å². The first-order valence-corrected chi connectivity index (χ1v) is 14.0. The summed E-state index contributed by atoms with van der Waals surface area (Å²) in [5.74, 6) is 0.0210. The van der Waals surface area contributed by atoms with Gasteiger partial charge in [0.1, 0.15) is 0 Å². The van der Waals surface area contributed by atoms with Gasteiger partial charge in [0.2, 0.25) is 0 Å². The van der Waals surface area contributed by atoms with Crippen LogP contribution in [0.1, 0.15) is 168 Å². The predicted octanol–water partition coefficient (Wildman–Crippen LogP) is 10.1. The molecular weight excluding hydrogens is 382 g/mol. The number of esters is 1. The highest BCUT2D eigenvalue weighted by Gasteiger charge is 2.02. The molecular formula is C28H59NO2. The van der Waals surface area contributed by atoms with Crippen molar-refractivity contribution in [3.05, 3.63) is 0 Å². The number of rotatable bonds is 25. The minimum atomic E-state index is 0. The second-order valence-corrected chi connectivity index (χ2v) is 9.40. The molecule has 3 nitrogen and oxygen atoms in total. The van der Waals surface area contributed by atoms with Gasteiger partial charge < -0.3 is 10.9 Å². The van der Waals surface area contributed by atoms with E-state index in [0.717, 1.165) is 12.8 Å². The molecule has 0 aromatic heterocycles. The van der Waals surface area contributed by atoms with Gasteiger partial charge in [-0.2, -0.15) is 0 Å². The highest BCUT2D eigenvalue weighted by atomic mass is 16.5. The molecule has 0 heterocycles. The molecule has 0 unspecified atom stereocenters. The molecule has 0 saturated carbocycles. The summed E-state index contributed by atoms with van der Waals surface area (Å²) in [7, 11) is 0. The SMILES string of the molecule is CCCCCCCCCCCCCCCCCC(=O)OCCCCCCCCCC.N. The molecule has 0 aliphatic heterocycles. The lowest BCUT2D eigenvalue weighted by molar-refractivity contribution is -0.143. The molecule has 0 bridgehead atoms. The number of unbranched alkanes of at least 4 members (excludes halogenated alkanes) is 21. The zero-order valence-electron chi connectivity index (χ0n) is 21.7. The van der Waals surface area contributed by atoms with E-state index in [4.69, 9.17) is 4.74 Å². The Kier molecular flexibility index (Phi) is 31.0. The van der Waals surface area contributed by atoms with Crippen molar-refractivity contribution in [2.75, 3.05) is 6.61 Å². The molecule has 0 fully saturated rings. The minimum absolute atomic E-state index is 0. The lowest BCUT2D eigenvalue weighted by Gasteiger charge is -2.05. The fraction of sp³-hybridized carbons (Fsp3) is 0.964. The molecule has 31 heavy (non-hydrogen) atoms.